The van der Waals surface area contributed by atoms with Crippen LogP contribution in [0.1, 0.15) is 30.0 Å². The van der Waals surface area contributed by atoms with E-state index in [1.807, 2.05) is 0 Å². The van der Waals surface area contributed by atoms with Crippen LogP contribution >= 0.6 is 11.6 Å². The highest BCUT2D eigenvalue weighted by atomic mass is 35.5. The molecule has 84 valence electrons. The van der Waals surface area contributed by atoms with Crippen molar-refractivity contribution >= 4 is 22.5 Å². The number of hydrogen-bond acceptors (Lipinski definition) is 1. The van der Waals surface area contributed by atoms with Crippen LogP contribution < -0.4 is 0 Å². The molecule has 1 aromatic carbocycles. The second-order valence-corrected chi connectivity index (χ2v) is 4.64. The Labute approximate surface area is 101 Å². The van der Waals surface area contributed by atoms with E-state index in [1.165, 1.54) is 16.5 Å². The molecule has 2 aromatic rings. The molecule has 0 radical (unpaired) electrons. The molecule has 16 heavy (non-hydrogen) atoms. The van der Waals surface area contributed by atoms with E-state index in [1.54, 1.807) is 0 Å². The van der Waals surface area contributed by atoms with Gasteiger partial charge in [0.15, 0.2) is 0 Å². The first kappa shape index (κ1) is 11.4. The number of benzene rings is 1. The lowest BCUT2D eigenvalue weighted by atomic mass is 10.0. The molecule has 0 aliphatic rings. The third-order valence-corrected chi connectivity index (χ3v) is 3.28. The van der Waals surface area contributed by atoms with Gasteiger partial charge in [-0.3, -0.25) is 0 Å². The molecule has 0 fully saturated rings. The Hall–Kier alpha value is -1.08. The zero-order valence-electron chi connectivity index (χ0n) is 9.97. The van der Waals surface area contributed by atoms with Gasteiger partial charge in [0, 0.05) is 5.39 Å². The number of pyridine rings is 1. The molecule has 2 rings (SSSR count). The Morgan fingerprint density at radius 1 is 1.19 bits per heavy atom. The summed E-state index contributed by atoms with van der Waals surface area (Å²) >= 11 is 6.20. The molecule has 1 aromatic heterocycles. The van der Waals surface area contributed by atoms with E-state index in [0.29, 0.717) is 5.15 Å². The topological polar surface area (TPSA) is 12.9 Å². The van der Waals surface area contributed by atoms with Crippen molar-refractivity contribution in [3.8, 4) is 0 Å². The smallest absolute Gasteiger partial charge is 0.132 e. The van der Waals surface area contributed by atoms with E-state index < -0.39 is 0 Å². The fourth-order valence-corrected chi connectivity index (χ4v) is 2.23. The molecule has 0 N–H and O–H groups in total. The standard InChI is InChI=1S/C14H16ClN/c1-4-5-11-8-12-9(2)6-7-10(3)13(12)16-14(11)15/h6-8H,4-5H2,1-3H3. The van der Waals surface area contributed by atoms with Crippen molar-refractivity contribution in [1.82, 2.24) is 4.98 Å². The van der Waals surface area contributed by atoms with Crippen molar-refractivity contribution in [2.75, 3.05) is 0 Å². The summed E-state index contributed by atoms with van der Waals surface area (Å²) in [7, 11) is 0. The maximum absolute atomic E-state index is 6.20. The van der Waals surface area contributed by atoms with Crippen LogP contribution in [0, 0.1) is 13.8 Å². The van der Waals surface area contributed by atoms with E-state index in [9.17, 15) is 0 Å². The van der Waals surface area contributed by atoms with Gasteiger partial charge in [-0.1, -0.05) is 37.1 Å². The highest BCUT2D eigenvalue weighted by molar-refractivity contribution is 6.30. The Morgan fingerprint density at radius 2 is 1.88 bits per heavy atom. The highest BCUT2D eigenvalue weighted by Crippen LogP contribution is 2.26. The SMILES string of the molecule is CCCc1cc2c(C)ccc(C)c2nc1Cl. The summed E-state index contributed by atoms with van der Waals surface area (Å²) < 4.78 is 0. The minimum atomic E-state index is 0.656. The van der Waals surface area contributed by atoms with Gasteiger partial charge in [0.1, 0.15) is 5.15 Å². The van der Waals surface area contributed by atoms with Crippen molar-refractivity contribution in [1.29, 1.82) is 0 Å². The minimum Gasteiger partial charge on any atom is -0.236 e. The van der Waals surface area contributed by atoms with Gasteiger partial charge in [-0.15, -0.1) is 0 Å². The number of rotatable bonds is 2. The highest BCUT2D eigenvalue weighted by Gasteiger charge is 2.07. The number of aryl methyl sites for hydroxylation is 3. The summed E-state index contributed by atoms with van der Waals surface area (Å²) in [5.41, 5.74) is 4.64. The lowest BCUT2D eigenvalue weighted by molar-refractivity contribution is 0.917. The molecule has 1 nitrogen and oxygen atoms in total. The number of hydrogen-bond donors (Lipinski definition) is 0. The van der Waals surface area contributed by atoms with Gasteiger partial charge in [-0.25, -0.2) is 4.98 Å². The molecule has 1 heterocycles. The molecule has 0 saturated heterocycles. The maximum atomic E-state index is 6.20. The van der Waals surface area contributed by atoms with Crippen molar-refractivity contribution < 1.29 is 0 Å². The van der Waals surface area contributed by atoms with Crippen LogP contribution in [-0.4, -0.2) is 4.98 Å². The van der Waals surface area contributed by atoms with Gasteiger partial charge in [-0.2, -0.15) is 0 Å². The van der Waals surface area contributed by atoms with E-state index in [0.717, 1.165) is 23.9 Å². The predicted molar refractivity (Wildman–Crippen MR) is 70.2 cm³/mol. The Bertz CT molecular complexity index is 532. The number of aromatic nitrogens is 1. The van der Waals surface area contributed by atoms with Gasteiger partial charge in [-0.05, 0) is 43.0 Å². The van der Waals surface area contributed by atoms with Crippen molar-refractivity contribution in [2.24, 2.45) is 0 Å². The van der Waals surface area contributed by atoms with Crippen LogP contribution in [0.5, 0.6) is 0 Å². The average molecular weight is 234 g/mol. The van der Waals surface area contributed by atoms with Crippen LogP contribution in [-0.2, 0) is 6.42 Å². The molecule has 0 amide bonds. The fraction of sp³-hybridized carbons (Fsp3) is 0.357. The second-order valence-electron chi connectivity index (χ2n) is 4.28. The summed E-state index contributed by atoms with van der Waals surface area (Å²) in [5.74, 6) is 0. The molecule has 0 unspecified atom stereocenters. The normalized spacial score (nSPS) is 11.0. The van der Waals surface area contributed by atoms with Gasteiger partial charge >= 0.3 is 0 Å². The molecular formula is C14H16ClN. The molecule has 0 saturated carbocycles. The Kier molecular flexibility index (Phi) is 3.15. The lowest BCUT2D eigenvalue weighted by Crippen LogP contribution is -1.93. The van der Waals surface area contributed by atoms with E-state index >= 15 is 0 Å². The first-order valence-electron chi connectivity index (χ1n) is 5.68. The fourth-order valence-electron chi connectivity index (χ4n) is 2.00. The molecule has 2 heteroatoms. The van der Waals surface area contributed by atoms with E-state index in [-0.39, 0.29) is 0 Å². The molecule has 0 spiro atoms. The predicted octanol–water partition coefficient (Wildman–Crippen LogP) is 4.46. The van der Waals surface area contributed by atoms with Gasteiger partial charge in [0.05, 0.1) is 5.52 Å². The van der Waals surface area contributed by atoms with Crippen molar-refractivity contribution in [2.45, 2.75) is 33.6 Å². The van der Waals surface area contributed by atoms with Crippen LogP contribution in [0.2, 0.25) is 5.15 Å². The number of nitrogens with zero attached hydrogens (tertiary/aromatic N) is 1. The zero-order chi connectivity index (χ0) is 11.7. The third-order valence-electron chi connectivity index (χ3n) is 2.95. The summed E-state index contributed by atoms with van der Waals surface area (Å²) in [6, 6.07) is 6.43. The minimum absolute atomic E-state index is 0.656. The third kappa shape index (κ3) is 1.92. The summed E-state index contributed by atoms with van der Waals surface area (Å²) in [4.78, 5) is 4.52. The first-order chi connectivity index (χ1) is 7.63. The molecule has 0 aliphatic carbocycles. The maximum Gasteiger partial charge on any atom is 0.132 e. The Balaban J connectivity index is 2.73. The molecule has 0 atom stereocenters. The second kappa shape index (κ2) is 4.42. The first-order valence-corrected chi connectivity index (χ1v) is 6.06. The van der Waals surface area contributed by atoms with Crippen LogP contribution in [0.3, 0.4) is 0 Å². The quantitative estimate of drug-likeness (QED) is 0.698. The zero-order valence-corrected chi connectivity index (χ0v) is 10.7. The van der Waals surface area contributed by atoms with Crippen LogP contribution in [0.15, 0.2) is 18.2 Å². The molecule has 0 bridgehead atoms. The Morgan fingerprint density at radius 3 is 2.56 bits per heavy atom. The number of halogens is 1. The number of fused-ring (bicyclic) bond motifs is 1. The summed E-state index contributed by atoms with van der Waals surface area (Å²) in [5, 5.41) is 1.89. The van der Waals surface area contributed by atoms with Gasteiger partial charge < -0.3 is 0 Å². The average Bonchev–Trinajstić information content (AvgIpc) is 2.26. The molecule has 0 aliphatic heterocycles. The largest absolute Gasteiger partial charge is 0.236 e. The summed E-state index contributed by atoms with van der Waals surface area (Å²) in [6.07, 6.45) is 2.09. The van der Waals surface area contributed by atoms with Gasteiger partial charge in [0.2, 0.25) is 0 Å². The van der Waals surface area contributed by atoms with E-state index in [4.69, 9.17) is 11.6 Å². The lowest BCUT2D eigenvalue weighted by Gasteiger charge is -2.09. The summed E-state index contributed by atoms with van der Waals surface area (Å²) in [6.45, 7) is 6.35. The monoisotopic (exact) mass is 233 g/mol. The van der Waals surface area contributed by atoms with Crippen molar-refractivity contribution in [3.05, 3.63) is 40.0 Å². The van der Waals surface area contributed by atoms with E-state index in [2.05, 4.69) is 44.0 Å². The van der Waals surface area contributed by atoms with Crippen LogP contribution in [0.4, 0.5) is 0 Å². The van der Waals surface area contributed by atoms with Crippen LogP contribution in [0.25, 0.3) is 10.9 Å². The van der Waals surface area contributed by atoms with Crippen molar-refractivity contribution in [3.63, 3.8) is 0 Å². The van der Waals surface area contributed by atoms with Gasteiger partial charge in [0.25, 0.3) is 0 Å². The molecular weight excluding hydrogens is 218 g/mol.